The van der Waals surface area contributed by atoms with Gasteiger partial charge in [0.1, 0.15) is 5.75 Å². The third-order valence-corrected chi connectivity index (χ3v) is 2.66. The van der Waals surface area contributed by atoms with Crippen molar-refractivity contribution in [3.8, 4) is 5.75 Å². The van der Waals surface area contributed by atoms with Gasteiger partial charge in [-0.15, -0.1) is 0 Å². The Morgan fingerprint density at radius 2 is 2.06 bits per heavy atom. The second-order valence-corrected chi connectivity index (χ2v) is 4.04. The predicted octanol–water partition coefficient (Wildman–Crippen LogP) is 2.79. The molecule has 1 aromatic carbocycles. The second-order valence-electron chi connectivity index (χ2n) is 4.04. The third kappa shape index (κ3) is 3.86. The molecule has 3 nitrogen and oxygen atoms in total. The SMILES string of the molecule is CCCCC(N)C(=O)c1ccccc1OCC. The van der Waals surface area contributed by atoms with Crippen LogP contribution in [0.25, 0.3) is 0 Å². The molecule has 3 heteroatoms. The fraction of sp³-hybridized carbons (Fsp3) is 0.500. The molecule has 17 heavy (non-hydrogen) atoms. The van der Waals surface area contributed by atoms with Gasteiger partial charge in [0, 0.05) is 0 Å². The van der Waals surface area contributed by atoms with E-state index in [1.54, 1.807) is 6.07 Å². The lowest BCUT2D eigenvalue weighted by atomic mass is 9.99. The molecule has 1 aromatic rings. The topological polar surface area (TPSA) is 52.3 Å². The summed E-state index contributed by atoms with van der Waals surface area (Å²) in [6, 6.07) is 6.86. The minimum atomic E-state index is -0.420. The van der Waals surface area contributed by atoms with Crippen LogP contribution in [0.3, 0.4) is 0 Å². The predicted molar refractivity (Wildman–Crippen MR) is 69.4 cm³/mol. The number of carbonyl (C=O) groups excluding carboxylic acids is 1. The normalized spacial score (nSPS) is 12.2. The van der Waals surface area contributed by atoms with Gasteiger partial charge in [-0.1, -0.05) is 31.9 Å². The molecule has 0 aliphatic carbocycles. The average Bonchev–Trinajstić information content (AvgIpc) is 2.36. The molecule has 2 N–H and O–H groups in total. The van der Waals surface area contributed by atoms with Crippen LogP contribution in [0.15, 0.2) is 24.3 Å². The van der Waals surface area contributed by atoms with E-state index in [9.17, 15) is 4.79 Å². The Balaban J connectivity index is 2.80. The van der Waals surface area contributed by atoms with E-state index in [1.807, 2.05) is 25.1 Å². The number of benzene rings is 1. The van der Waals surface area contributed by atoms with Gasteiger partial charge in [-0.2, -0.15) is 0 Å². The molecule has 0 saturated heterocycles. The summed E-state index contributed by atoms with van der Waals surface area (Å²) in [4.78, 5) is 12.1. The number of unbranched alkanes of at least 4 members (excludes halogenated alkanes) is 1. The Kier molecular flexibility index (Phi) is 5.70. The fourth-order valence-corrected chi connectivity index (χ4v) is 1.71. The molecule has 1 rings (SSSR count). The summed E-state index contributed by atoms with van der Waals surface area (Å²) in [5, 5.41) is 0. The molecular formula is C14H21NO2. The number of rotatable bonds is 7. The largest absolute Gasteiger partial charge is 0.493 e. The number of ether oxygens (including phenoxy) is 1. The summed E-state index contributed by atoms with van der Waals surface area (Å²) in [5.74, 6) is 0.606. The fourth-order valence-electron chi connectivity index (χ4n) is 1.71. The minimum Gasteiger partial charge on any atom is -0.493 e. The van der Waals surface area contributed by atoms with E-state index < -0.39 is 6.04 Å². The van der Waals surface area contributed by atoms with Crippen LogP contribution in [0.1, 0.15) is 43.5 Å². The summed E-state index contributed by atoms with van der Waals surface area (Å²) >= 11 is 0. The smallest absolute Gasteiger partial charge is 0.183 e. The van der Waals surface area contributed by atoms with Crippen LogP contribution in [-0.2, 0) is 0 Å². The molecule has 0 fully saturated rings. The molecule has 0 heterocycles. The molecule has 1 unspecified atom stereocenters. The highest BCUT2D eigenvalue weighted by atomic mass is 16.5. The molecule has 94 valence electrons. The molecule has 0 aliphatic heterocycles. The highest BCUT2D eigenvalue weighted by Crippen LogP contribution is 2.20. The van der Waals surface area contributed by atoms with Gasteiger partial charge in [0.2, 0.25) is 0 Å². The van der Waals surface area contributed by atoms with E-state index in [1.165, 1.54) is 0 Å². The van der Waals surface area contributed by atoms with Gasteiger partial charge in [-0.05, 0) is 25.5 Å². The van der Waals surface area contributed by atoms with Crippen molar-refractivity contribution in [2.24, 2.45) is 5.73 Å². The van der Waals surface area contributed by atoms with E-state index >= 15 is 0 Å². The lowest BCUT2D eigenvalue weighted by Crippen LogP contribution is -2.30. The van der Waals surface area contributed by atoms with E-state index in [-0.39, 0.29) is 5.78 Å². The van der Waals surface area contributed by atoms with Crippen molar-refractivity contribution in [3.05, 3.63) is 29.8 Å². The van der Waals surface area contributed by atoms with Crippen LogP contribution in [0, 0.1) is 0 Å². The third-order valence-electron chi connectivity index (χ3n) is 2.66. The Hall–Kier alpha value is -1.35. The first kappa shape index (κ1) is 13.7. The molecule has 0 bridgehead atoms. The van der Waals surface area contributed by atoms with Crippen LogP contribution >= 0.6 is 0 Å². The van der Waals surface area contributed by atoms with Gasteiger partial charge in [0.15, 0.2) is 5.78 Å². The highest BCUT2D eigenvalue weighted by Gasteiger charge is 2.18. The zero-order chi connectivity index (χ0) is 12.7. The molecular weight excluding hydrogens is 214 g/mol. The average molecular weight is 235 g/mol. The van der Waals surface area contributed by atoms with Crippen molar-refractivity contribution in [1.29, 1.82) is 0 Å². The summed E-state index contributed by atoms with van der Waals surface area (Å²) in [6.45, 7) is 4.54. The van der Waals surface area contributed by atoms with Gasteiger partial charge < -0.3 is 10.5 Å². The van der Waals surface area contributed by atoms with Crippen LogP contribution in [0.5, 0.6) is 5.75 Å². The van der Waals surface area contributed by atoms with Crippen LogP contribution in [0.4, 0.5) is 0 Å². The maximum Gasteiger partial charge on any atom is 0.183 e. The monoisotopic (exact) mass is 235 g/mol. The van der Waals surface area contributed by atoms with E-state index in [0.717, 1.165) is 19.3 Å². The van der Waals surface area contributed by atoms with Gasteiger partial charge in [0.25, 0.3) is 0 Å². The standard InChI is InChI=1S/C14H21NO2/c1-3-5-9-12(15)14(16)11-8-6-7-10-13(11)17-4-2/h6-8,10,12H,3-5,9,15H2,1-2H3. The van der Waals surface area contributed by atoms with E-state index in [4.69, 9.17) is 10.5 Å². The van der Waals surface area contributed by atoms with Crippen molar-refractivity contribution in [2.45, 2.75) is 39.2 Å². The van der Waals surface area contributed by atoms with Crippen molar-refractivity contribution < 1.29 is 9.53 Å². The number of nitrogens with two attached hydrogens (primary N) is 1. The van der Waals surface area contributed by atoms with Gasteiger partial charge in [-0.3, -0.25) is 4.79 Å². The number of Topliss-reactive ketones (excluding diaryl/α,β-unsaturated/α-hetero) is 1. The van der Waals surface area contributed by atoms with Gasteiger partial charge in [0.05, 0.1) is 18.2 Å². The molecule has 0 amide bonds. The first-order chi connectivity index (χ1) is 8.20. The Morgan fingerprint density at radius 1 is 1.35 bits per heavy atom. The zero-order valence-electron chi connectivity index (χ0n) is 10.6. The Bertz CT molecular complexity index is 363. The lowest BCUT2D eigenvalue weighted by Gasteiger charge is -2.13. The maximum atomic E-state index is 12.1. The Labute approximate surface area is 103 Å². The van der Waals surface area contributed by atoms with Crippen LogP contribution in [0.2, 0.25) is 0 Å². The molecule has 0 aliphatic rings. The Morgan fingerprint density at radius 3 is 2.71 bits per heavy atom. The molecule has 0 spiro atoms. The summed E-state index contributed by atoms with van der Waals surface area (Å²) in [6.07, 6.45) is 2.76. The quantitative estimate of drug-likeness (QED) is 0.739. The van der Waals surface area contributed by atoms with Crippen molar-refractivity contribution in [1.82, 2.24) is 0 Å². The molecule has 1 atom stereocenters. The van der Waals surface area contributed by atoms with Gasteiger partial charge >= 0.3 is 0 Å². The highest BCUT2D eigenvalue weighted by molar-refractivity contribution is 6.02. The zero-order valence-corrected chi connectivity index (χ0v) is 10.6. The second kappa shape index (κ2) is 7.07. The van der Waals surface area contributed by atoms with Crippen molar-refractivity contribution in [3.63, 3.8) is 0 Å². The van der Waals surface area contributed by atoms with Crippen LogP contribution in [-0.4, -0.2) is 18.4 Å². The van der Waals surface area contributed by atoms with Crippen LogP contribution < -0.4 is 10.5 Å². The number of hydrogen-bond donors (Lipinski definition) is 1. The number of ketones is 1. The number of hydrogen-bond acceptors (Lipinski definition) is 3. The maximum absolute atomic E-state index is 12.1. The molecule has 0 radical (unpaired) electrons. The summed E-state index contributed by atoms with van der Waals surface area (Å²) < 4.78 is 5.44. The number of para-hydroxylation sites is 1. The van der Waals surface area contributed by atoms with E-state index in [0.29, 0.717) is 17.9 Å². The molecule has 0 aromatic heterocycles. The number of carbonyl (C=O) groups is 1. The molecule has 0 saturated carbocycles. The minimum absolute atomic E-state index is 0.0255. The first-order valence-corrected chi connectivity index (χ1v) is 6.22. The van der Waals surface area contributed by atoms with E-state index in [2.05, 4.69) is 6.92 Å². The van der Waals surface area contributed by atoms with Crippen molar-refractivity contribution in [2.75, 3.05) is 6.61 Å². The summed E-state index contributed by atoms with van der Waals surface area (Å²) in [7, 11) is 0. The van der Waals surface area contributed by atoms with Crippen molar-refractivity contribution >= 4 is 5.78 Å². The first-order valence-electron chi connectivity index (χ1n) is 6.22. The van der Waals surface area contributed by atoms with Gasteiger partial charge in [-0.25, -0.2) is 0 Å². The lowest BCUT2D eigenvalue weighted by molar-refractivity contribution is 0.0952. The summed E-state index contributed by atoms with van der Waals surface area (Å²) in [5.41, 5.74) is 6.49.